The van der Waals surface area contributed by atoms with Crippen LogP contribution in [0.25, 0.3) is 0 Å². The zero-order chi connectivity index (χ0) is 25.8. The minimum Gasteiger partial charge on any atom is -0.366 e. The van der Waals surface area contributed by atoms with E-state index >= 15 is 0 Å². The van der Waals surface area contributed by atoms with Gasteiger partial charge in [-0.3, -0.25) is 35.9 Å². The maximum Gasteiger partial charge on any atom is 0.355 e. The third-order valence-corrected chi connectivity index (χ3v) is 5.78. The fraction of sp³-hybridized carbons (Fsp3) is 0.190. The van der Waals surface area contributed by atoms with Gasteiger partial charge in [-0.2, -0.15) is 0 Å². The molecule has 0 radical (unpaired) electrons. The van der Waals surface area contributed by atoms with Gasteiger partial charge in [-0.1, -0.05) is 23.7 Å². The molecule has 4 rings (SSSR count). The van der Waals surface area contributed by atoms with E-state index in [0.717, 1.165) is 12.4 Å². The molecule has 0 bridgehead atoms. The van der Waals surface area contributed by atoms with Crippen LogP contribution < -0.4 is 20.7 Å². The summed E-state index contributed by atoms with van der Waals surface area (Å²) >= 11 is 5.76. The molecule has 1 aliphatic rings. The van der Waals surface area contributed by atoms with Crippen LogP contribution in [-0.4, -0.2) is 51.9 Å². The first-order valence-corrected chi connectivity index (χ1v) is 10.9. The molecular formula is C21H18ClFN8O5. The molecule has 0 atom stereocenters. The van der Waals surface area contributed by atoms with Crippen molar-refractivity contribution >= 4 is 46.2 Å². The second-order valence-electron chi connectivity index (χ2n) is 7.58. The average Bonchev–Trinajstić information content (AvgIpc) is 2.87. The topological polar surface area (TPSA) is 160 Å². The molecule has 1 fully saturated rings. The van der Waals surface area contributed by atoms with E-state index in [2.05, 4.69) is 20.8 Å². The predicted molar refractivity (Wildman–Crippen MR) is 129 cm³/mol. The molecule has 1 amide bonds. The van der Waals surface area contributed by atoms with Crippen LogP contribution in [0.5, 0.6) is 0 Å². The number of hydrogen-bond acceptors (Lipinski definition) is 10. The number of nitrogens with one attached hydrogen (secondary N) is 2. The molecule has 0 spiro atoms. The van der Waals surface area contributed by atoms with Gasteiger partial charge in [-0.25, -0.2) is 14.4 Å². The van der Waals surface area contributed by atoms with E-state index in [-0.39, 0.29) is 28.0 Å². The predicted octanol–water partition coefficient (Wildman–Crippen LogP) is 3.17. The Labute approximate surface area is 207 Å². The number of nitro benzene ring substituents is 1. The first-order chi connectivity index (χ1) is 17.3. The molecule has 3 aromatic rings. The zero-order valence-electron chi connectivity index (χ0n) is 18.4. The number of benzene rings is 2. The fourth-order valence-electron chi connectivity index (χ4n) is 3.71. The lowest BCUT2D eigenvalue weighted by Gasteiger charge is -2.36. The molecule has 1 aliphatic heterocycles. The van der Waals surface area contributed by atoms with Crippen molar-refractivity contribution in [2.75, 3.05) is 41.4 Å². The number of nitro groups is 2. The van der Waals surface area contributed by atoms with Crippen molar-refractivity contribution in [2.45, 2.75) is 0 Å². The maximum atomic E-state index is 14.1. The van der Waals surface area contributed by atoms with Crippen LogP contribution in [0.4, 0.5) is 33.1 Å². The van der Waals surface area contributed by atoms with E-state index in [4.69, 9.17) is 11.6 Å². The first kappa shape index (κ1) is 24.5. The Bertz CT molecular complexity index is 1340. The normalized spacial score (nSPS) is 13.3. The van der Waals surface area contributed by atoms with Crippen LogP contribution in [0.15, 0.2) is 48.8 Å². The molecule has 15 heteroatoms. The number of aromatic nitrogens is 2. The minimum absolute atomic E-state index is 0.0297. The summed E-state index contributed by atoms with van der Waals surface area (Å²) in [5, 5.41) is 22.8. The van der Waals surface area contributed by atoms with Crippen LogP contribution in [0.3, 0.4) is 0 Å². The number of para-hydroxylation sites is 1. The molecule has 0 saturated carbocycles. The number of hydrogen-bond donors (Lipinski definition) is 2. The zero-order valence-corrected chi connectivity index (χ0v) is 19.2. The molecule has 2 N–H and O–H groups in total. The molecule has 13 nitrogen and oxygen atoms in total. The SMILES string of the molecule is O=C(NNc1ncnc(N2CCN(c3ccccc3F)CC2)c1[N+](=O)[O-])c1ccc(Cl)c([N+](=O)[O-])c1. The molecule has 186 valence electrons. The average molecular weight is 517 g/mol. The van der Waals surface area contributed by atoms with E-state index < -0.39 is 27.1 Å². The van der Waals surface area contributed by atoms with Crippen molar-refractivity contribution in [1.29, 1.82) is 0 Å². The largest absolute Gasteiger partial charge is 0.366 e. The lowest BCUT2D eigenvalue weighted by molar-refractivity contribution is -0.384. The summed E-state index contributed by atoms with van der Waals surface area (Å²) in [6, 6.07) is 9.80. The van der Waals surface area contributed by atoms with Crippen LogP contribution in [-0.2, 0) is 0 Å². The number of hydrazine groups is 1. The number of nitrogens with zero attached hydrogens (tertiary/aromatic N) is 6. The number of rotatable bonds is 7. The lowest BCUT2D eigenvalue weighted by atomic mass is 10.2. The molecule has 1 saturated heterocycles. The van der Waals surface area contributed by atoms with Crippen LogP contribution in [0.1, 0.15) is 10.4 Å². The summed E-state index contributed by atoms with van der Waals surface area (Å²) in [4.78, 5) is 45.4. The number of piperazine rings is 1. The van der Waals surface area contributed by atoms with Crippen LogP contribution in [0.2, 0.25) is 5.02 Å². The van der Waals surface area contributed by atoms with E-state index in [1.165, 1.54) is 18.2 Å². The summed E-state index contributed by atoms with van der Waals surface area (Å²) in [5.74, 6) is -1.41. The molecule has 0 aliphatic carbocycles. The van der Waals surface area contributed by atoms with Gasteiger partial charge in [0.05, 0.1) is 15.5 Å². The number of anilines is 3. The summed E-state index contributed by atoms with van der Waals surface area (Å²) in [5.41, 5.74) is 4.05. The van der Waals surface area contributed by atoms with Gasteiger partial charge < -0.3 is 9.80 Å². The van der Waals surface area contributed by atoms with Crippen molar-refractivity contribution < 1.29 is 19.0 Å². The van der Waals surface area contributed by atoms with Crippen molar-refractivity contribution in [3.63, 3.8) is 0 Å². The highest BCUT2D eigenvalue weighted by molar-refractivity contribution is 6.32. The van der Waals surface area contributed by atoms with Gasteiger partial charge in [-0.15, -0.1) is 0 Å². The second-order valence-corrected chi connectivity index (χ2v) is 7.99. The van der Waals surface area contributed by atoms with Gasteiger partial charge in [-0.05, 0) is 24.3 Å². The number of halogens is 2. The van der Waals surface area contributed by atoms with Gasteiger partial charge >= 0.3 is 5.69 Å². The van der Waals surface area contributed by atoms with Crippen molar-refractivity contribution in [1.82, 2.24) is 15.4 Å². The second kappa shape index (κ2) is 10.4. The molecule has 2 aromatic carbocycles. The monoisotopic (exact) mass is 516 g/mol. The third kappa shape index (κ3) is 5.07. The quantitative estimate of drug-likeness (QED) is 0.352. The standard InChI is InChI=1S/C21H18ClFN8O5/c22-14-6-5-13(11-17(14)30(33)34)21(32)27-26-19-18(31(35)36)20(25-12-24-19)29-9-7-28(8-10-29)16-4-2-1-3-15(16)23/h1-6,11-12H,7-10H2,(H,27,32)(H,24,25,26). The van der Waals surface area contributed by atoms with Crippen molar-refractivity contribution in [2.24, 2.45) is 0 Å². The molecule has 1 aromatic heterocycles. The van der Waals surface area contributed by atoms with Gasteiger partial charge in [0.25, 0.3) is 11.6 Å². The summed E-state index contributed by atoms with van der Waals surface area (Å²) in [6.07, 6.45) is 1.10. The summed E-state index contributed by atoms with van der Waals surface area (Å²) < 4.78 is 14.1. The third-order valence-electron chi connectivity index (χ3n) is 5.46. The van der Waals surface area contributed by atoms with Gasteiger partial charge in [0.1, 0.15) is 17.2 Å². The highest BCUT2D eigenvalue weighted by atomic mass is 35.5. The number of carbonyl (C=O) groups is 1. The fourth-order valence-corrected chi connectivity index (χ4v) is 3.90. The Kier molecular flexibility index (Phi) is 7.05. The Morgan fingerprint density at radius 2 is 1.69 bits per heavy atom. The Morgan fingerprint density at radius 1 is 1.00 bits per heavy atom. The Balaban J connectivity index is 1.50. The maximum absolute atomic E-state index is 14.1. The smallest absolute Gasteiger partial charge is 0.355 e. The van der Waals surface area contributed by atoms with Gasteiger partial charge in [0.15, 0.2) is 0 Å². The van der Waals surface area contributed by atoms with Gasteiger partial charge in [0, 0.05) is 37.8 Å². The van der Waals surface area contributed by atoms with Crippen LogP contribution >= 0.6 is 11.6 Å². The highest BCUT2D eigenvalue weighted by Gasteiger charge is 2.30. The Hall–Kier alpha value is -4.59. The summed E-state index contributed by atoms with van der Waals surface area (Å²) in [7, 11) is 0. The number of amides is 1. The number of carbonyl (C=O) groups excluding carboxylic acids is 1. The minimum atomic E-state index is -0.803. The van der Waals surface area contributed by atoms with E-state index in [1.54, 1.807) is 23.1 Å². The highest BCUT2D eigenvalue weighted by Crippen LogP contribution is 2.33. The molecule has 2 heterocycles. The summed E-state index contributed by atoms with van der Waals surface area (Å²) in [6.45, 7) is 1.45. The van der Waals surface area contributed by atoms with Crippen molar-refractivity contribution in [3.05, 3.63) is 85.4 Å². The van der Waals surface area contributed by atoms with Crippen molar-refractivity contribution in [3.8, 4) is 0 Å². The van der Waals surface area contributed by atoms with Gasteiger partial charge in [0.2, 0.25) is 11.6 Å². The molecule has 36 heavy (non-hydrogen) atoms. The lowest BCUT2D eigenvalue weighted by Crippen LogP contribution is -2.47. The van der Waals surface area contributed by atoms with Crippen LogP contribution in [0, 0.1) is 26.0 Å². The Morgan fingerprint density at radius 3 is 2.36 bits per heavy atom. The first-order valence-electron chi connectivity index (χ1n) is 10.5. The van der Waals surface area contributed by atoms with E-state index in [0.29, 0.717) is 31.9 Å². The van der Waals surface area contributed by atoms with E-state index in [9.17, 15) is 29.4 Å². The molecular weight excluding hydrogens is 499 g/mol. The van der Waals surface area contributed by atoms with E-state index in [1.807, 2.05) is 4.90 Å². The molecule has 0 unspecified atom stereocenters.